The minimum atomic E-state index is -0.522. The molecule has 0 fully saturated rings. The van der Waals surface area contributed by atoms with Crippen LogP contribution in [0.3, 0.4) is 0 Å². The highest BCUT2D eigenvalue weighted by atomic mass is 32.2. The van der Waals surface area contributed by atoms with Crippen molar-refractivity contribution >= 4 is 23.6 Å². The topological polar surface area (TPSA) is 123 Å². The maximum Gasteiger partial charge on any atom is 0.251 e. The Balaban J connectivity index is 2.24. The van der Waals surface area contributed by atoms with Crippen molar-refractivity contribution in [3.8, 4) is 0 Å². The third-order valence-electron chi connectivity index (χ3n) is 2.19. The first kappa shape index (κ1) is 12.4. The number of hydrogen-bond acceptors (Lipinski definition) is 6. The van der Waals surface area contributed by atoms with Crippen LogP contribution in [-0.4, -0.2) is 21.1 Å². The van der Waals surface area contributed by atoms with E-state index in [0.717, 1.165) is 5.56 Å². The van der Waals surface area contributed by atoms with Gasteiger partial charge in [0.2, 0.25) is 11.1 Å². The van der Waals surface area contributed by atoms with Crippen LogP contribution in [0.25, 0.3) is 0 Å². The van der Waals surface area contributed by atoms with Gasteiger partial charge in [0.05, 0.1) is 0 Å². The number of aromatic nitrogens is 3. The first-order valence-corrected chi connectivity index (χ1v) is 5.98. The van der Waals surface area contributed by atoms with Crippen LogP contribution >= 0.6 is 11.8 Å². The lowest BCUT2D eigenvalue weighted by Gasteiger charge is -2.12. The van der Waals surface area contributed by atoms with Gasteiger partial charge in [0.1, 0.15) is 5.25 Å². The van der Waals surface area contributed by atoms with Gasteiger partial charge in [-0.05, 0) is 5.56 Å². The molecular formula is C10H12N6OS. The minimum Gasteiger partial charge on any atom is -0.368 e. The van der Waals surface area contributed by atoms with Gasteiger partial charge in [0.25, 0.3) is 5.91 Å². The van der Waals surface area contributed by atoms with Crippen molar-refractivity contribution in [2.24, 2.45) is 5.84 Å². The third kappa shape index (κ3) is 2.79. The molecule has 1 heterocycles. The fourth-order valence-electron chi connectivity index (χ4n) is 1.39. The Morgan fingerprint density at radius 1 is 1.39 bits per heavy atom. The lowest BCUT2D eigenvalue weighted by molar-refractivity contribution is -0.120. The van der Waals surface area contributed by atoms with E-state index in [0.29, 0.717) is 5.16 Å². The minimum absolute atomic E-state index is 0.206. The fourth-order valence-corrected chi connectivity index (χ4v) is 2.32. The zero-order valence-electron chi connectivity index (χ0n) is 9.33. The van der Waals surface area contributed by atoms with Gasteiger partial charge in [0, 0.05) is 0 Å². The number of nitrogens with one attached hydrogen (secondary N) is 2. The molecule has 0 aliphatic heterocycles. The largest absolute Gasteiger partial charge is 0.368 e. The monoisotopic (exact) mass is 264 g/mol. The standard InChI is InChI=1S/C10H12N6OS/c11-9-13-10(16-15-9)18-7(8(17)14-12)6-4-2-1-3-5-6/h1-5,7H,12H2,(H,14,17)(H3,11,13,15,16). The van der Waals surface area contributed by atoms with Crippen LogP contribution in [0.1, 0.15) is 10.8 Å². The molecule has 1 atom stereocenters. The Bertz CT molecular complexity index is 528. The summed E-state index contributed by atoms with van der Waals surface area (Å²) in [5, 5.41) is 6.27. The van der Waals surface area contributed by atoms with E-state index >= 15 is 0 Å². The smallest absolute Gasteiger partial charge is 0.251 e. The molecule has 0 saturated carbocycles. The molecule has 1 unspecified atom stereocenters. The Morgan fingerprint density at radius 3 is 2.67 bits per heavy atom. The van der Waals surface area contributed by atoms with E-state index < -0.39 is 5.25 Å². The highest BCUT2D eigenvalue weighted by molar-refractivity contribution is 8.00. The number of nitrogens with two attached hydrogens (primary N) is 2. The number of hydrogen-bond donors (Lipinski definition) is 4. The van der Waals surface area contributed by atoms with Crippen molar-refractivity contribution < 1.29 is 4.79 Å². The van der Waals surface area contributed by atoms with Crippen molar-refractivity contribution in [1.29, 1.82) is 0 Å². The number of rotatable bonds is 4. The lowest BCUT2D eigenvalue weighted by atomic mass is 10.1. The van der Waals surface area contributed by atoms with E-state index in [2.05, 4.69) is 20.6 Å². The first-order chi connectivity index (χ1) is 8.70. The molecule has 0 aliphatic carbocycles. The molecule has 94 valence electrons. The van der Waals surface area contributed by atoms with E-state index in [9.17, 15) is 4.79 Å². The Kier molecular flexibility index (Phi) is 3.80. The van der Waals surface area contributed by atoms with Crippen LogP contribution in [0.15, 0.2) is 35.5 Å². The molecule has 8 heteroatoms. The summed E-state index contributed by atoms with van der Waals surface area (Å²) in [6, 6.07) is 9.24. The molecule has 7 nitrogen and oxygen atoms in total. The van der Waals surface area contributed by atoms with Crippen molar-refractivity contribution in [2.75, 3.05) is 5.73 Å². The van der Waals surface area contributed by atoms with Crippen molar-refractivity contribution in [3.63, 3.8) is 0 Å². The van der Waals surface area contributed by atoms with E-state index in [-0.39, 0.29) is 11.9 Å². The van der Waals surface area contributed by atoms with Crippen LogP contribution in [0.5, 0.6) is 0 Å². The predicted molar refractivity (Wildman–Crippen MR) is 68.2 cm³/mol. The van der Waals surface area contributed by atoms with E-state index in [1.807, 2.05) is 30.3 Å². The summed E-state index contributed by atoms with van der Waals surface area (Å²) in [7, 11) is 0. The van der Waals surface area contributed by atoms with Crippen LogP contribution in [0, 0.1) is 0 Å². The third-order valence-corrected chi connectivity index (χ3v) is 3.30. The van der Waals surface area contributed by atoms with Gasteiger partial charge in [-0.1, -0.05) is 42.1 Å². The number of anilines is 1. The number of amides is 1. The van der Waals surface area contributed by atoms with Gasteiger partial charge in [-0.15, -0.1) is 5.10 Å². The van der Waals surface area contributed by atoms with E-state index in [4.69, 9.17) is 11.6 Å². The van der Waals surface area contributed by atoms with E-state index in [1.54, 1.807) is 0 Å². The number of hydrazine groups is 1. The van der Waals surface area contributed by atoms with Gasteiger partial charge in [0.15, 0.2) is 0 Å². The number of nitrogens with zero attached hydrogens (tertiary/aromatic N) is 2. The van der Waals surface area contributed by atoms with Crippen LogP contribution in [0.2, 0.25) is 0 Å². The Labute approximate surface area is 107 Å². The second-order valence-electron chi connectivity index (χ2n) is 3.42. The molecule has 6 N–H and O–H groups in total. The van der Waals surface area contributed by atoms with E-state index in [1.165, 1.54) is 11.8 Å². The predicted octanol–water partition coefficient (Wildman–Crippen LogP) is 0.210. The number of nitrogen functional groups attached to an aromatic ring is 1. The van der Waals surface area contributed by atoms with Crippen molar-refractivity contribution in [1.82, 2.24) is 20.6 Å². The molecule has 0 spiro atoms. The van der Waals surface area contributed by atoms with Gasteiger partial charge in [-0.25, -0.2) is 10.9 Å². The number of benzene rings is 1. The van der Waals surface area contributed by atoms with Crippen LogP contribution in [0.4, 0.5) is 5.95 Å². The summed E-state index contributed by atoms with van der Waals surface area (Å²) in [5.41, 5.74) is 8.38. The maximum absolute atomic E-state index is 11.8. The summed E-state index contributed by atoms with van der Waals surface area (Å²) in [6.07, 6.45) is 0. The number of thioether (sulfide) groups is 1. The quantitative estimate of drug-likeness (QED) is 0.271. The van der Waals surface area contributed by atoms with Gasteiger partial charge in [-0.2, -0.15) is 4.98 Å². The van der Waals surface area contributed by atoms with Crippen LogP contribution in [-0.2, 0) is 4.79 Å². The molecule has 0 radical (unpaired) electrons. The molecule has 0 aliphatic rings. The normalized spacial score (nSPS) is 12.1. The highest BCUT2D eigenvalue weighted by Gasteiger charge is 2.22. The summed E-state index contributed by atoms with van der Waals surface area (Å²) in [6.45, 7) is 0. The zero-order valence-corrected chi connectivity index (χ0v) is 10.1. The number of aromatic amines is 1. The first-order valence-electron chi connectivity index (χ1n) is 5.10. The summed E-state index contributed by atoms with van der Waals surface area (Å²) < 4.78 is 0. The average Bonchev–Trinajstić information content (AvgIpc) is 2.82. The summed E-state index contributed by atoms with van der Waals surface area (Å²) in [5.74, 6) is 5.06. The Morgan fingerprint density at radius 2 is 2.11 bits per heavy atom. The molecular weight excluding hydrogens is 252 g/mol. The summed E-state index contributed by atoms with van der Waals surface area (Å²) in [4.78, 5) is 15.7. The second-order valence-corrected chi connectivity index (χ2v) is 4.49. The number of H-pyrrole nitrogens is 1. The molecule has 2 rings (SSSR count). The zero-order chi connectivity index (χ0) is 13.0. The molecule has 2 aromatic rings. The Hall–Kier alpha value is -2.06. The summed E-state index contributed by atoms with van der Waals surface area (Å²) >= 11 is 1.17. The molecule has 1 amide bonds. The molecule has 0 bridgehead atoms. The molecule has 1 aromatic heterocycles. The van der Waals surface area contributed by atoms with Gasteiger partial charge < -0.3 is 5.73 Å². The van der Waals surface area contributed by atoms with Crippen molar-refractivity contribution in [2.45, 2.75) is 10.4 Å². The average molecular weight is 264 g/mol. The fraction of sp³-hybridized carbons (Fsp3) is 0.100. The lowest BCUT2D eigenvalue weighted by Crippen LogP contribution is -2.33. The molecule has 18 heavy (non-hydrogen) atoms. The SMILES string of the molecule is NNC(=O)C(Sc1n[nH]c(N)n1)c1ccccc1. The van der Waals surface area contributed by atoms with Gasteiger partial charge >= 0.3 is 0 Å². The molecule has 0 saturated heterocycles. The highest BCUT2D eigenvalue weighted by Crippen LogP contribution is 2.33. The van der Waals surface area contributed by atoms with Gasteiger partial charge in [-0.3, -0.25) is 10.2 Å². The van der Waals surface area contributed by atoms with Crippen molar-refractivity contribution in [3.05, 3.63) is 35.9 Å². The second kappa shape index (κ2) is 5.52. The molecule has 1 aromatic carbocycles. The maximum atomic E-state index is 11.8. The van der Waals surface area contributed by atoms with Crippen LogP contribution < -0.4 is 17.0 Å². The number of carbonyl (C=O) groups excluding carboxylic acids is 1. The number of carbonyl (C=O) groups is 1.